The van der Waals surface area contributed by atoms with Crippen LogP contribution < -0.4 is 10.1 Å². The fraction of sp³-hybridized carbons (Fsp3) is 0.417. The minimum Gasteiger partial charge on any atom is -0.481 e. The second kappa shape index (κ2) is 10.1. The van der Waals surface area contributed by atoms with Crippen LogP contribution in [-0.2, 0) is 4.79 Å². The number of nitrogens with one attached hydrogen (secondary N) is 1. The van der Waals surface area contributed by atoms with Gasteiger partial charge in [-0.3, -0.25) is 9.59 Å². The van der Waals surface area contributed by atoms with Gasteiger partial charge in [0.1, 0.15) is 5.75 Å². The summed E-state index contributed by atoms with van der Waals surface area (Å²) in [6, 6.07) is 14.9. The van der Waals surface area contributed by atoms with Gasteiger partial charge in [-0.05, 0) is 50.5 Å². The first kappa shape index (κ1) is 20.9. The van der Waals surface area contributed by atoms with Crippen molar-refractivity contribution in [1.82, 2.24) is 4.90 Å². The molecule has 3 rings (SSSR count). The second-order valence-electron chi connectivity index (χ2n) is 7.57. The quantitative estimate of drug-likeness (QED) is 0.765. The summed E-state index contributed by atoms with van der Waals surface area (Å²) >= 11 is 0. The number of hydrogen-bond donors (Lipinski definition) is 1. The van der Waals surface area contributed by atoms with Crippen molar-refractivity contribution in [3.63, 3.8) is 0 Å². The summed E-state index contributed by atoms with van der Waals surface area (Å²) in [5.41, 5.74) is 2.21. The molecule has 0 radical (unpaired) electrons. The van der Waals surface area contributed by atoms with Gasteiger partial charge in [0, 0.05) is 13.1 Å². The Bertz CT molecular complexity index is 824. The van der Waals surface area contributed by atoms with Gasteiger partial charge in [-0.25, -0.2) is 0 Å². The van der Waals surface area contributed by atoms with Crippen molar-refractivity contribution in [2.45, 2.75) is 52.1 Å². The lowest BCUT2D eigenvalue weighted by Gasteiger charge is -2.23. The predicted octanol–water partition coefficient (Wildman–Crippen LogP) is 4.81. The fourth-order valence-electron chi connectivity index (χ4n) is 3.54. The molecular weight excluding hydrogens is 364 g/mol. The molecule has 1 N–H and O–H groups in total. The summed E-state index contributed by atoms with van der Waals surface area (Å²) in [5, 5.41) is 2.92. The second-order valence-corrected chi connectivity index (χ2v) is 7.57. The fourth-order valence-corrected chi connectivity index (χ4v) is 3.54. The van der Waals surface area contributed by atoms with Crippen LogP contribution in [0.3, 0.4) is 0 Å². The Morgan fingerprint density at radius 3 is 2.31 bits per heavy atom. The molecule has 1 aliphatic rings. The Labute approximate surface area is 173 Å². The molecule has 5 heteroatoms. The SMILES string of the molecule is CC[C@@H](Oc1ccc(C)cc1)C(=O)Nc1ccccc1C(=O)N1CCCCCC1. The number of para-hydroxylation sites is 1. The van der Waals surface area contributed by atoms with Crippen molar-refractivity contribution in [3.05, 3.63) is 59.7 Å². The Hall–Kier alpha value is -2.82. The molecule has 2 amide bonds. The van der Waals surface area contributed by atoms with E-state index in [2.05, 4.69) is 5.32 Å². The molecule has 1 aliphatic heterocycles. The number of nitrogens with zero attached hydrogens (tertiary/aromatic N) is 1. The molecule has 2 aromatic rings. The van der Waals surface area contributed by atoms with Gasteiger partial charge in [-0.1, -0.05) is 49.6 Å². The summed E-state index contributed by atoms with van der Waals surface area (Å²) in [6.45, 7) is 5.46. The van der Waals surface area contributed by atoms with Crippen LogP contribution in [-0.4, -0.2) is 35.9 Å². The van der Waals surface area contributed by atoms with Gasteiger partial charge in [0.15, 0.2) is 6.10 Å². The van der Waals surface area contributed by atoms with Gasteiger partial charge >= 0.3 is 0 Å². The van der Waals surface area contributed by atoms with Crippen LogP contribution in [0.4, 0.5) is 5.69 Å². The Kier molecular flexibility index (Phi) is 7.28. The molecule has 1 saturated heterocycles. The first-order chi connectivity index (χ1) is 14.1. The molecular formula is C24H30N2O3. The number of aryl methyl sites for hydroxylation is 1. The molecule has 0 unspecified atom stereocenters. The topological polar surface area (TPSA) is 58.6 Å². The highest BCUT2D eigenvalue weighted by atomic mass is 16.5. The van der Waals surface area contributed by atoms with Gasteiger partial charge < -0.3 is 15.0 Å². The maximum absolute atomic E-state index is 13.1. The minimum absolute atomic E-state index is 0.0182. The lowest BCUT2D eigenvalue weighted by molar-refractivity contribution is -0.122. The van der Waals surface area contributed by atoms with Gasteiger partial charge in [-0.15, -0.1) is 0 Å². The molecule has 0 saturated carbocycles. The largest absolute Gasteiger partial charge is 0.481 e. The van der Waals surface area contributed by atoms with Crippen molar-refractivity contribution < 1.29 is 14.3 Å². The Morgan fingerprint density at radius 1 is 1.00 bits per heavy atom. The molecule has 0 aromatic heterocycles. The lowest BCUT2D eigenvalue weighted by atomic mass is 10.1. The molecule has 0 aliphatic carbocycles. The zero-order valence-electron chi connectivity index (χ0n) is 17.3. The molecule has 1 atom stereocenters. The van der Waals surface area contributed by atoms with Crippen LogP contribution >= 0.6 is 0 Å². The number of ether oxygens (including phenoxy) is 1. The molecule has 2 aromatic carbocycles. The van der Waals surface area contributed by atoms with E-state index >= 15 is 0 Å². The average Bonchev–Trinajstić information content (AvgIpc) is 3.03. The van der Waals surface area contributed by atoms with Gasteiger partial charge in [0.2, 0.25) is 0 Å². The molecule has 154 valence electrons. The number of carbonyl (C=O) groups is 2. The average molecular weight is 395 g/mol. The molecule has 1 heterocycles. The standard InChI is InChI=1S/C24H30N2O3/c1-3-22(29-19-14-12-18(2)13-15-19)23(27)25-21-11-7-6-10-20(21)24(28)26-16-8-4-5-9-17-26/h6-7,10-15,22H,3-5,8-9,16-17H2,1-2H3,(H,25,27)/t22-/m1/s1. The normalized spacial score (nSPS) is 15.3. The van der Waals surface area contributed by atoms with Crippen LogP contribution in [0.5, 0.6) is 5.75 Å². The summed E-state index contributed by atoms with van der Waals surface area (Å²) in [6.07, 6.45) is 4.29. The van der Waals surface area contributed by atoms with Crippen LogP contribution in [0.1, 0.15) is 54.9 Å². The van der Waals surface area contributed by atoms with E-state index in [1.807, 2.05) is 55.1 Å². The van der Waals surface area contributed by atoms with Crippen molar-refractivity contribution in [1.29, 1.82) is 0 Å². The number of likely N-dealkylation sites (tertiary alicyclic amines) is 1. The smallest absolute Gasteiger partial charge is 0.265 e. The highest BCUT2D eigenvalue weighted by molar-refractivity contribution is 6.04. The first-order valence-corrected chi connectivity index (χ1v) is 10.5. The van der Waals surface area contributed by atoms with E-state index in [1.54, 1.807) is 12.1 Å². The number of hydrogen-bond acceptors (Lipinski definition) is 3. The van der Waals surface area contributed by atoms with E-state index < -0.39 is 6.10 Å². The molecule has 1 fully saturated rings. The summed E-state index contributed by atoms with van der Waals surface area (Å²) in [7, 11) is 0. The van der Waals surface area contributed by atoms with E-state index in [4.69, 9.17) is 4.74 Å². The number of carbonyl (C=O) groups excluding carboxylic acids is 2. The summed E-state index contributed by atoms with van der Waals surface area (Å²) < 4.78 is 5.88. The number of rotatable bonds is 6. The monoisotopic (exact) mass is 394 g/mol. The summed E-state index contributed by atoms with van der Waals surface area (Å²) in [5.74, 6) is 0.394. The number of anilines is 1. The minimum atomic E-state index is -0.626. The third kappa shape index (κ3) is 5.59. The van der Waals surface area contributed by atoms with Gasteiger partial charge in [0.25, 0.3) is 11.8 Å². The zero-order chi connectivity index (χ0) is 20.6. The number of amides is 2. The van der Waals surface area contributed by atoms with Gasteiger partial charge in [-0.2, -0.15) is 0 Å². The molecule has 29 heavy (non-hydrogen) atoms. The van der Waals surface area contributed by atoms with E-state index in [0.29, 0.717) is 23.4 Å². The molecule has 0 bridgehead atoms. The third-order valence-corrected chi connectivity index (χ3v) is 5.27. The summed E-state index contributed by atoms with van der Waals surface area (Å²) in [4.78, 5) is 27.8. The van der Waals surface area contributed by atoms with Crippen LogP contribution in [0, 0.1) is 6.92 Å². The van der Waals surface area contributed by atoms with E-state index in [-0.39, 0.29) is 11.8 Å². The van der Waals surface area contributed by atoms with E-state index in [1.165, 1.54) is 0 Å². The number of benzene rings is 2. The van der Waals surface area contributed by atoms with Gasteiger partial charge in [0.05, 0.1) is 11.3 Å². The predicted molar refractivity (Wildman–Crippen MR) is 115 cm³/mol. The zero-order valence-corrected chi connectivity index (χ0v) is 17.3. The molecule has 0 spiro atoms. The van der Waals surface area contributed by atoms with Crippen LogP contribution in [0.15, 0.2) is 48.5 Å². The van der Waals surface area contributed by atoms with Crippen molar-refractivity contribution >= 4 is 17.5 Å². The van der Waals surface area contributed by atoms with Crippen molar-refractivity contribution in [2.75, 3.05) is 18.4 Å². The maximum Gasteiger partial charge on any atom is 0.265 e. The van der Waals surface area contributed by atoms with Crippen molar-refractivity contribution in [2.24, 2.45) is 0 Å². The van der Waals surface area contributed by atoms with E-state index in [9.17, 15) is 9.59 Å². The first-order valence-electron chi connectivity index (χ1n) is 10.5. The molecule has 5 nitrogen and oxygen atoms in total. The highest BCUT2D eigenvalue weighted by Gasteiger charge is 2.23. The Morgan fingerprint density at radius 2 is 1.66 bits per heavy atom. The Balaban J connectivity index is 1.72. The van der Waals surface area contributed by atoms with E-state index in [0.717, 1.165) is 44.3 Å². The van der Waals surface area contributed by atoms with Crippen LogP contribution in [0.2, 0.25) is 0 Å². The lowest BCUT2D eigenvalue weighted by Crippen LogP contribution is -2.35. The highest BCUT2D eigenvalue weighted by Crippen LogP contribution is 2.21. The van der Waals surface area contributed by atoms with Crippen molar-refractivity contribution in [3.8, 4) is 5.75 Å². The van der Waals surface area contributed by atoms with Crippen LogP contribution in [0.25, 0.3) is 0 Å². The third-order valence-electron chi connectivity index (χ3n) is 5.27. The maximum atomic E-state index is 13.1.